The molecule has 4 aromatic carbocycles. The van der Waals surface area contributed by atoms with Crippen LogP contribution < -0.4 is 20.3 Å². The summed E-state index contributed by atoms with van der Waals surface area (Å²) in [4.78, 5) is 30.9. The molecule has 0 unspecified atom stereocenters. The van der Waals surface area contributed by atoms with Crippen molar-refractivity contribution in [3.05, 3.63) is 130 Å². The van der Waals surface area contributed by atoms with Crippen molar-refractivity contribution in [2.45, 2.75) is 6.42 Å². The van der Waals surface area contributed by atoms with Crippen molar-refractivity contribution in [2.24, 2.45) is 5.10 Å². The van der Waals surface area contributed by atoms with Crippen molar-refractivity contribution >= 4 is 51.3 Å². The molecule has 2 heterocycles. The minimum Gasteiger partial charge on any atom is -0.493 e. The Bertz CT molecular complexity index is 2210. The number of furan rings is 1. The lowest BCUT2D eigenvalue weighted by molar-refractivity contribution is -0.118. The highest BCUT2D eigenvalue weighted by Crippen LogP contribution is 2.34. The van der Waals surface area contributed by atoms with Crippen LogP contribution in [0.4, 0.5) is 10.1 Å². The van der Waals surface area contributed by atoms with Crippen LogP contribution in [0.25, 0.3) is 33.5 Å². The summed E-state index contributed by atoms with van der Waals surface area (Å²) in [7, 11) is 1.46. The Morgan fingerprint density at radius 1 is 1.11 bits per heavy atom. The Kier molecular flexibility index (Phi) is 8.62. The molecule has 2 aromatic heterocycles. The van der Waals surface area contributed by atoms with Crippen LogP contribution in [0.5, 0.6) is 11.5 Å². The lowest BCUT2D eigenvalue weighted by Crippen LogP contribution is -2.21. The normalized spacial score (nSPS) is 11.3. The molecule has 0 radical (unpaired) electrons. The summed E-state index contributed by atoms with van der Waals surface area (Å²) in [5.74, 6) is 0.0576. The van der Waals surface area contributed by atoms with Crippen LogP contribution in [0.2, 0.25) is 5.02 Å². The first kappa shape index (κ1) is 30.3. The van der Waals surface area contributed by atoms with Gasteiger partial charge in [0, 0.05) is 16.0 Å². The fraction of sp³-hybridized carbons (Fsp3) is 0.0857. The first-order valence-corrected chi connectivity index (χ1v) is 14.5. The highest BCUT2D eigenvalue weighted by atomic mass is 35.5. The number of fused-ring (bicyclic) bond motifs is 2. The highest BCUT2D eigenvalue weighted by molar-refractivity contribution is 6.31. The molecule has 0 aliphatic carbocycles. The van der Waals surface area contributed by atoms with Crippen LogP contribution in [-0.2, 0) is 11.2 Å². The highest BCUT2D eigenvalue weighted by Gasteiger charge is 2.18. The predicted octanol–water partition coefficient (Wildman–Crippen LogP) is 7.24. The second kappa shape index (κ2) is 13.1. The van der Waals surface area contributed by atoms with E-state index >= 15 is 0 Å². The molecule has 0 aliphatic heterocycles. The minimum absolute atomic E-state index is 0.0465. The van der Waals surface area contributed by atoms with Crippen molar-refractivity contribution in [2.75, 3.05) is 19.0 Å². The maximum Gasteiger partial charge on any atom is 0.282 e. The minimum atomic E-state index is -0.557. The van der Waals surface area contributed by atoms with E-state index in [4.69, 9.17) is 30.5 Å². The van der Waals surface area contributed by atoms with Crippen molar-refractivity contribution < 1.29 is 23.1 Å². The van der Waals surface area contributed by atoms with E-state index in [1.807, 2.05) is 0 Å². The van der Waals surface area contributed by atoms with Crippen molar-refractivity contribution in [3.8, 4) is 23.1 Å². The molecule has 0 saturated carbocycles. The Labute approximate surface area is 267 Å². The topological polar surface area (TPSA) is 108 Å². The summed E-state index contributed by atoms with van der Waals surface area (Å²) < 4.78 is 32.7. The number of nitrogens with one attached hydrogen (secondary N) is 1. The number of amides is 1. The average molecular weight is 637 g/mol. The maximum atomic E-state index is 14.0. The number of benzene rings is 4. The largest absolute Gasteiger partial charge is 0.493 e. The van der Waals surface area contributed by atoms with Gasteiger partial charge in [-0.15, -0.1) is 6.58 Å². The van der Waals surface area contributed by atoms with Crippen LogP contribution in [-0.4, -0.2) is 35.5 Å². The number of aromatic nitrogens is 2. The van der Waals surface area contributed by atoms with Crippen LogP contribution in [0.3, 0.4) is 0 Å². The number of ether oxygens (including phenoxy) is 2. The standard InChI is InChI=1S/C35H26ClFN4O5/c1-3-8-22-15-21(16-30(44-2)33(22)45-20-32(42)39-28-12-7-5-10-26(28)37)19-38-41-34(40-27-11-6-4-9-25(27)35(41)43)31-18-23-17-24(36)13-14-29(23)46-31/h3-7,9-19H,1,8,20H2,2H3,(H,39,42). The van der Waals surface area contributed by atoms with E-state index in [1.165, 1.54) is 36.2 Å². The molecule has 6 aromatic rings. The number of nitrogens with zero attached hydrogens (tertiary/aromatic N) is 3. The third-order valence-corrected chi connectivity index (χ3v) is 7.24. The summed E-state index contributed by atoms with van der Waals surface area (Å²) in [6.07, 6.45) is 3.53. The smallest absolute Gasteiger partial charge is 0.282 e. The van der Waals surface area contributed by atoms with E-state index in [0.717, 1.165) is 5.39 Å². The molecule has 0 saturated heterocycles. The number of carbonyl (C=O) groups excluding carboxylic acids is 1. The summed E-state index contributed by atoms with van der Waals surface area (Å²) >= 11 is 6.18. The van der Waals surface area contributed by atoms with E-state index in [0.29, 0.717) is 56.3 Å². The Hall–Kier alpha value is -5.74. The SMILES string of the molecule is C=CCc1cc(C=Nn2c(-c3cc4cc(Cl)ccc4o3)nc3ccccc3c2=O)cc(OC)c1OCC(=O)Nc1ccccc1F. The zero-order chi connectivity index (χ0) is 32.2. The third kappa shape index (κ3) is 6.24. The van der Waals surface area contributed by atoms with Gasteiger partial charge in [0.1, 0.15) is 11.4 Å². The second-order valence-electron chi connectivity index (χ2n) is 10.1. The number of halogens is 2. The first-order chi connectivity index (χ1) is 22.3. The molecule has 1 N–H and O–H groups in total. The summed E-state index contributed by atoms with van der Waals surface area (Å²) in [6.45, 7) is 3.43. The van der Waals surface area contributed by atoms with Crippen LogP contribution in [0.1, 0.15) is 11.1 Å². The van der Waals surface area contributed by atoms with Crippen molar-refractivity contribution in [1.29, 1.82) is 0 Å². The van der Waals surface area contributed by atoms with Gasteiger partial charge in [-0.2, -0.15) is 9.78 Å². The molecule has 0 bridgehead atoms. The lowest BCUT2D eigenvalue weighted by Gasteiger charge is -2.16. The van der Waals surface area contributed by atoms with E-state index in [-0.39, 0.29) is 11.5 Å². The van der Waals surface area contributed by atoms with Crippen molar-refractivity contribution in [1.82, 2.24) is 9.66 Å². The van der Waals surface area contributed by atoms with E-state index < -0.39 is 23.9 Å². The zero-order valence-electron chi connectivity index (χ0n) is 24.5. The predicted molar refractivity (Wildman–Crippen MR) is 177 cm³/mol. The number of para-hydroxylation sites is 2. The van der Waals surface area contributed by atoms with Gasteiger partial charge in [0.2, 0.25) is 5.82 Å². The van der Waals surface area contributed by atoms with Crippen molar-refractivity contribution in [3.63, 3.8) is 0 Å². The molecule has 6 rings (SSSR count). The zero-order valence-corrected chi connectivity index (χ0v) is 25.3. The van der Waals surface area contributed by atoms with Crippen LogP contribution in [0, 0.1) is 5.82 Å². The fourth-order valence-corrected chi connectivity index (χ4v) is 5.09. The molecule has 230 valence electrons. The Balaban J connectivity index is 1.36. The lowest BCUT2D eigenvalue weighted by atomic mass is 10.1. The first-order valence-electron chi connectivity index (χ1n) is 14.1. The molecule has 46 heavy (non-hydrogen) atoms. The number of methoxy groups -OCH3 is 1. The van der Waals surface area contributed by atoms with Gasteiger partial charge in [0.15, 0.2) is 23.9 Å². The molecule has 0 spiro atoms. The van der Waals surface area contributed by atoms with Gasteiger partial charge in [-0.3, -0.25) is 9.59 Å². The van der Waals surface area contributed by atoms with Gasteiger partial charge in [0.25, 0.3) is 11.5 Å². The summed E-state index contributed by atoms with van der Waals surface area (Å²) in [5, 5.41) is 8.70. The number of carbonyl (C=O) groups is 1. The molecule has 9 nitrogen and oxygen atoms in total. The monoisotopic (exact) mass is 636 g/mol. The molecule has 0 aliphatic rings. The maximum absolute atomic E-state index is 14.0. The molecule has 1 amide bonds. The Morgan fingerprint density at radius 3 is 2.72 bits per heavy atom. The number of allylic oxidation sites excluding steroid dienone is 1. The van der Waals surface area contributed by atoms with Gasteiger partial charge in [-0.1, -0.05) is 41.9 Å². The third-order valence-electron chi connectivity index (χ3n) is 7.01. The quantitative estimate of drug-likeness (QED) is 0.125. The van der Waals surface area contributed by atoms with E-state index in [9.17, 15) is 14.0 Å². The van der Waals surface area contributed by atoms with Gasteiger partial charge in [-0.25, -0.2) is 9.37 Å². The number of hydrogen-bond donors (Lipinski definition) is 1. The Morgan fingerprint density at radius 2 is 1.91 bits per heavy atom. The van der Waals surface area contributed by atoms with Gasteiger partial charge < -0.3 is 19.2 Å². The van der Waals surface area contributed by atoms with E-state index in [1.54, 1.807) is 72.8 Å². The second-order valence-corrected chi connectivity index (χ2v) is 10.6. The summed E-state index contributed by atoms with van der Waals surface area (Å²) in [5.41, 5.74) is 1.93. The van der Waals surface area contributed by atoms with Gasteiger partial charge in [-0.05, 0) is 72.6 Å². The van der Waals surface area contributed by atoms with Gasteiger partial charge in [0.05, 0.1) is 29.9 Å². The van der Waals surface area contributed by atoms with Crippen LogP contribution in [0.15, 0.2) is 112 Å². The van der Waals surface area contributed by atoms with Crippen LogP contribution >= 0.6 is 11.6 Å². The average Bonchev–Trinajstić information content (AvgIpc) is 3.48. The fourth-order valence-electron chi connectivity index (χ4n) is 4.91. The molecule has 11 heteroatoms. The van der Waals surface area contributed by atoms with Gasteiger partial charge >= 0.3 is 0 Å². The molecular formula is C35H26ClFN4O5. The molecule has 0 fully saturated rings. The number of anilines is 1. The molecular weight excluding hydrogens is 611 g/mol. The van der Waals surface area contributed by atoms with E-state index in [2.05, 4.69) is 17.0 Å². The number of hydrogen-bond acceptors (Lipinski definition) is 7. The number of rotatable bonds is 10. The summed E-state index contributed by atoms with van der Waals surface area (Å²) in [6, 6.07) is 23.2. The molecule has 0 atom stereocenters.